The Balaban J connectivity index is 1.83. The van der Waals surface area contributed by atoms with Crippen LogP contribution in [0.3, 0.4) is 0 Å². The van der Waals surface area contributed by atoms with Gasteiger partial charge in [0.25, 0.3) is 0 Å². The highest BCUT2D eigenvalue weighted by molar-refractivity contribution is 5.76. The third kappa shape index (κ3) is 3.33. The fourth-order valence-electron chi connectivity index (χ4n) is 2.22. The maximum atomic E-state index is 12.0. The number of ether oxygens (including phenoxy) is 1. The van der Waals surface area contributed by atoms with E-state index in [9.17, 15) is 4.79 Å². The Hall–Kier alpha value is -1.29. The van der Waals surface area contributed by atoms with Crippen LogP contribution in [-0.4, -0.2) is 36.1 Å². The second kappa shape index (κ2) is 5.36. The minimum Gasteiger partial charge on any atom is -0.469 e. The zero-order valence-corrected chi connectivity index (χ0v) is 10.4. The maximum absolute atomic E-state index is 12.0. The van der Waals surface area contributed by atoms with Crippen LogP contribution >= 0.6 is 0 Å². The Morgan fingerprint density at radius 3 is 2.71 bits per heavy atom. The molecule has 2 heterocycles. The molecule has 1 fully saturated rings. The van der Waals surface area contributed by atoms with Gasteiger partial charge in [0.2, 0.25) is 5.91 Å². The van der Waals surface area contributed by atoms with E-state index in [4.69, 9.17) is 9.15 Å². The standard InChI is InChI=1S/C13H19NO3/c1-10-8-14(9-11(2)17-10)13(15)6-5-12-4-3-7-16-12/h3-4,7,10-11H,5-6,8-9H2,1-2H3. The lowest BCUT2D eigenvalue weighted by Crippen LogP contribution is -2.48. The molecule has 0 bridgehead atoms. The van der Waals surface area contributed by atoms with Crippen LogP contribution in [0, 0.1) is 0 Å². The van der Waals surface area contributed by atoms with E-state index in [1.54, 1.807) is 6.26 Å². The van der Waals surface area contributed by atoms with Crippen LogP contribution in [-0.2, 0) is 16.0 Å². The van der Waals surface area contributed by atoms with Gasteiger partial charge in [0.15, 0.2) is 0 Å². The molecule has 0 saturated carbocycles. The Kier molecular flexibility index (Phi) is 3.84. The fourth-order valence-corrected chi connectivity index (χ4v) is 2.22. The molecule has 1 saturated heterocycles. The SMILES string of the molecule is CC1CN(C(=O)CCc2ccco2)CC(C)O1. The summed E-state index contributed by atoms with van der Waals surface area (Å²) >= 11 is 0. The van der Waals surface area contributed by atoms with E-state index in [0.717, 1.165) is 5.76 Å². The first kappa shape index (κ1) is 12.2. The molecule has 4 heteroatoms. The smallest absolute Gasteiger partial charge is 0.223 e. The summed E-state index contributed by atoms with van der Waals surface area (Å²) in [5.74, 6) is 1.05. The fraction of sp³-hybridized carbons (Fsp3) is 0.615. The number of aryl methyl sites for hydroxylation is 1. The van der Waals surface area contributed by atoms with Gasteiger partial charge >= 0.3 is 0 Å². The summed E-state index contributed by atoms with van der Waals surface area (Å²) in [5, 5.41) is 0. The molecule has 2 unspecified atom stereocenters. The number of carbonyl (C=O) groups is 1. The average Bonchev–Trinajstić information content (AvgIpc) is 2.77. The van der Waals surface area contributed by atoms with Crippen LogP contribution in [0.5, 0.6) is 0 Å². The predicted octanol–water partition coefficient (Wildman–Crippen LogP) is 1.85. The summed E-state index contributed by atoms with van der Waals surface area (Å²) in [4.78, 5) is 13.9. The highest BCUT2D eigenvalue weighted by atomic mass is 16.5. The van der Waals surface area contributed by atoms with Crippen LogP contribution < -0.4 is 0 Å². The van der Waals surface area contributed by atoms with Crippen molar-refractivity contribution in [2.24, 2.45) is 0 Å². The molecule has 17 heavy (non-hydrogen) atoms. The molecule has 0 radical (unpaired) electrons. The van der Waals surface area contributed by atoms with E-state index in [-0.39, 0.29) is 18.1 Å². The van der Waals surface area contributed by atoms with Gasteiger partial charge < -0.3 is 14.1 Å². The lowest BCUT2D eigenvalue weighted by Gasteiger charge is -2.35. The summed E-state index contributed by atoms with van der Waals surface area (Å²) in [7, 11) is 0. The average molecular weight is 237 g/mol. The summed E-state index contributed by atoms with van der Waals surface area (Å²) in [6.07, 6.45) is 3.08. The van der Waals surface area contributed by atoms with Gasteiger partial charge in [0.05, 0.1) is 18.5 Å². The number of hydrogen-bond donors (Lipinski definition) is 0. The van der Waals surface area contributed by atoms with Gasteiger partial charge in [-0.25, -0.2) is 0 Å². The quantitative estimate of drug-likeness (QED) is 0.805. The van der Waals surface area contributed by atoms with E-state index in [0.29, 0.717) is 25.9 Å². The topological polar surface area (TPSA) is 42.7 Å². The molecule has 1 aromatic heterocycles. The third-order valence-corrected chi connectivity index (χ3v) is 2.94. The molecule has 2 rings (SSSR count). The first-order valence-corrected chi connectivity index (χ1v) is 6.11. The number of furan rings is 1. The van der Waals surface area contributed by atoms with Crippen LogP contribution in [0.25, 0.3) is 0 Å². The van der Waals surface area contributed by atoms with E-state index in [1.807, 2.05) is 30.9 Å². The van der Waals surface area contributed by atoms with Crippen molar-refractivity contribution >= 4 is 5.91 Å². The van der Waals surface area contributed by atoms with E-state index in [1.165, 1.54) is 0 Å². The van der Waals surface area contributed by atoms with Crippen molar-refractivity contribution in [3.05, 3.63) is 24.2 Å². The number of carbonyl (C=O) groups excluding carboxylic acids is 1. The number of hydrogen-bond acceptors (Lipinski definition) is 3. The van der Waals surface area contributed by atoms with Gasteiger partial charge in [-0.05, 0) is 26.0 Å². The Bertz CT molecular complexity index is 351. The second-order valence-corrected chi connectivity index (χ2v) is 4.64. The highest BCUT2D eigenvalue weighted by Crippen LogP contribution is 2.13. The molecule has 0 spiro atoms. The van der Waals surface area contributed by atoms with Crippen molar-refractivity contribution in [3.63, 3.8) is 0 Å². The monoisotopic (exact) mass is 237 g/mol. The summed E-state index contributed by atoms with van der Waals surface area (Å²) in [5.41, 5.74) is 0. The molecular formula is C13H19NO3. The summed E-state index contributed by atoms with van der Waals surface area (Å²) in [6.45, 7) is 5.40. The Morgan fingerprint density at radius 1 is 1.41 bits per heavy atom. The molecule has 0 aliphatic carbocycles. The van der Waals surface area contributed by atoms with E-state index in [2.05, 4.69) is 0 Å². The molecule has 2 atom stereocenters. The summed E-state index contributed by atoms with van der Waals surface area (Å²) in [6, 6.07) is 3.75. The number of rotatable bonds is 3. The van der Waals surface area contributed by atoms with Gasteiger partial charge in [0.1, 0.15) is 5.76 Å². The van der Waals surface area contributed by atoms with Gasteiger partial charge in [0, 0.05) is 25.9 Å². The van der Waals surface area contributed by atoms with Crippen molar-refractivity contribution < 1.29 is 13.9 Å². The number of morpholine rings is 1. The van der Waals surface area contributed by atoms with Crippen molar-refractivity contribution in [1.29, 1.82) is 0 Å². The lowest BCUT2D eigenvalue weighted by atomic mass is 10.2. The molecule has 0 N–H and O–H groups in total. The lowest BCUT2D eigenvalue weighted by molar-refractivity contribution is -0.143. The summed E-state index contributed by atoms with van der Waals surface area (Å²) < 4.78 is 10.8. The Labute approximate surface area is 102 Å². The zero-order chi connectivity index (χ0) is 12.3. The third-order valence-electron chi connectivity index (χ3n) is 2.94. The Morgan fingerprint density at radius 2 is 2.12 bits per heavy atom. The van der Waals surface area contributed by atoms with Gasteiger partial charge in [-0.2, -0.15) is 0 Å². The van der Waals surface area contributed by atoms with Crippen molar-refractivity contribution in [1.82, 2.24) is 4.90 Å². The molecule has 94 valence electrons. The zero-order valence-electron chi connectivity index (χ0n) is 10.4. The molecule has 1 amide bonds. The normalized spacial score (nSPS) is 24.9. The molecule has 1 aromatic rings. The highest BCUT2D eigenvalue weighted by Gasteiger charge is 2.25. The number of amides is 1. The molecule has 0 aromatic carbocycles. The van der Waals surface area contributed by atoms with Crippen LogP contribution in [0.2, 0.25) is 0 Å². The van der Waals surface area contributed by atoms with Crippen molar-refractivity contribution in [2.75, 3.05) is 13.1 Å². The minimum absolute atomic E-state index is 0.131. The van der Waals surface area contributed by atoms with Gasteiger partial charge in [-0.3, -0.25) is 4.79 Å². The van der Waals surface area contributed by atoms with Gasteiger partial charge in [-0.1, -0.05) is 0 Å². The van der Waals surface area contributed by atoms with E-state index < -0.39 is 0 Å². The van der Waals surface area contributed by atoms with Crippen molar-refractivity contribution in [2.45, 2.75) is 38.9 Å². The maximum Gasteiger partial charge on any atom is 0.223 e. The second-order valence-electron chi connectivity index (χ2n) is 4.64. The van der Waals surface area contributed by atoms with Crippen LogP contribution in [0.15, 0.2) is 22.8 Å². The number of nitrogens with zero attached hydrogens (tertiary/aromatic N) is 1. The molecule has 1 aliphatic heterocycles. The minimum atomic E-state index is 0.131. The van der Waals surface area contributed by atoms with Gasteiger partial charge in [-0.15, -0.1) is 0 Å². The first-order valence-electron chi connectivity index (χ1n) is 6.11. The predicted molar refractivity (Wildman–Crippen MR) is 63.6 cm³/mol. The first-order chi connectivity index (χ1) is 8.15. The molecule has 1 aliphatic rings. The van der Waals surface area contributed by atoms with E-state index >= 15 is 0 Å². The molecular weight excluding hydrogens is 218 g/mol. The largest absolute Gasteiger partial charge is 0.469 e. The van der Waals surface area contributed by atoms with Crippen molar-refractivity contribution in [3.8, 4) is 0 Å². The van der Waals surface area contributed by atoms with Crippen LogP contribution in [0.1, 0.15) is 26.0 Å². The van der Waals surface area contributed by atoms with Crippen LogP contribution in [0.4, 0.5) is 0 Å². The molecule has 4 nitrogen and oxygen atoms in total.